The van der Waals surface area contributed by atoms with Crippen LogP contribution < -0.4 is 4.90 Å². The fourth-order valence-corrected chi connectivity index (χ4v) is 2.74. The first kappa shape index (κ1) is 14.6. The van der Waals surface area contributed by atoms with Crippen molar-refractivity contribution in [2.45, 2.75) is 12.6 Å². The Balaban J connectivity index is 1.57. The zero-order valence-electron chi connectivity index (χ0n) is 12.7. The number of para-hydroxylation sites is 1. The molecule has 4 heteroatoms. The van der Waals surface area contributed by atoms with Gasteiger partial charge in [-0.25, -0.2) is 4.79 Å². The minimum absolute atomic E-state index is 0.0959. The van der Waals surface area contributed by atoms with E-state index >= 15 is 0 Å². The minimum Gasteiger partial charge on any atom is -0.443 e. The van der Waals surface area contributed by atoms with Crippen LogP contribution in [-0.2, 0) is 11.3 Å². The summed E-state index contributed by atoms with van der Waals surface area (Å²) < 4.78 is 5.48. The topological polar surface area (TPSA) is 32.8 Å². The standard InChI is InChI=1S/C18H20N2O2/c1-19(12-15-8-4-2-5-9-15)13-17-14-20(18(21)22-17)16-10-6-3-7-11-16/h2-11,17H,12-14H2,1H3. The van der Waals surface area contributed by atoms with Crippen LogP contribution in [0.3, 0.4) is 0 Å². The molecule has 1 amide bonds. The molecule has 0 saturated carbocycles. The number of amides is 1. The highest BCUT2D eigenvalue weighted by molar-refractivity contribution is 5.89. The molecule has 1 aliphatic rings. The van der Waals surface area contributed by atoms with Crippen LogP contribution in [0.2, 0.25) is 0 Å². The molecule has 0 bridgehead atoms. The Bertz CT molecular complexity index is 615. The lowest BCUT2D eigenvalue weighted by atomic mass is 10.2. The highest BCUT2D eigenvalue weighted by Crippen LogP contribution is 2.21. The molecular formula is C18H20N2O2. The van der Waals surface area contributed by atoms with E-state index in [1.54, 1.807) is 4.90 Å². The quantitative estimate of drug-likeness (QED) is 0.849. The van der Waals surface area contributed by atoms with Crippen LogP contribution in [0.15, 0.2) is 60.7 Å². The molecule has 0 radical (unpaired) electrons. The van der Waals surface area contributed by atoms with Crippen LogP contribution >= 0.6 is 0 Å². The van der Waals surface area contributed by atoms with Crippen molar-refractivity contribution >= 4 is 11.8 Å². The SMILES string of the molecule is CN(Cc1ccccc1)CC1CN(c2ccccc2)C(=O)O1. The monoisotopic (exact) mass is 296 g/mol. The number of hydrogen-bond donors (Lipinski definition) is 0. The summed E-state index contributed by atoms with van der Waals surface area (Å²) in [5.41, 5.74) is 2.15. The van der Waals surface area contributed by atoms with Gasteiger partial charge in [-0.2, -0.15) is 0 Å². The van der Waals surface area contributed by atoms with Gasteiger partial charge in [0.05, 0.1) is 6.54 Å². The van der Waals surface area contributed by atoms with Gasteiger partial charge in [0.1, 0.15) is 6.10 Å². The summed E-state index contributed by atoms with van der Waals surface area (Å²) in [6, 6.07) is 20.0. The molecule has 0 N–H and O–H groups in total. The summed E-state index contributed by atoms with van der Waals surface area (Å²) in [7, 11) is 2.05. The van der Waals surface area contributed by atoms with E-state index in [4.69, 9.17) is 4.74 Å². The average molecular weight is 296 g/mol. The van der Waals surface area contributed by atoms with E-state index in [1.165, 1.54) is 5.56 Å². The predicted octanol–water partition coefficient (Wildman–Crippen LogP) is 3.14. The second-order valence-electron chi connectivity index (χ2n) is 5.63. The Morgan fingerprint density at radius 1 is 1.09 bits per heavy atom. The zero-order valence-corrected chi connectivity index (χ0v) is 12.7. The van der Waals surface area contributed by atoms with E-state index in [9.17, 15) is 4.79 Å². The van der Waals surface area contributed by atoms with Crippen LogP contribution in [0.4, 0.5) is 10.5 Å². The molecule has 1 heterocycles. The van der Waals surface area contributed by atoms with Crippen molar-refractivity contribution in [1.82, 2.24) is 4.90 Å². The Morgan fingerprint density at radius 2 is 1.73 bits per heavy atom. The minimum atomic E-state index is -0.260. The summed E-state index contributed by atoms with van der Waals surface area (Å²) in [6.45, 7) is 2.17. The Morgan fingerprint density at radius 3 is 2.41 bits per heavy atom. The molecule has 1 saturated heterocycles. The molecule has 114 valence electrons. The number of carbonyl (C=O) groups excluding carboxylic acids is 1. The highest BCUT2D eigenvalue weighted by Gasteiger charge is 2.32. The van der Waals surface area contributed by atoms with Crippen molar-refractivity contribution in [2.75, 3.05) is 25.0 Å². The molecule has 1 atom stereocenters. The molecule has 1 fully saturated rings. The molecular weight excluding hydrogens is 276 g/mol. The normalized spacial score (nSPS) is 17.8. The number of cyclic esters (lactones) is 1. The van der Waals surface area contributed by atoms with Gasteiger partial charge in [0, 0.05) is 18.8 Å². The van der Waals surface area contributed by atoms with E-state index in [0.717, 1.165) is 18.8 Å². The van der Waals surface area contributed by atoms with E-state index < -0.39 is 0 Å². The Labute approximate surface area is 130 Å². The third kappa shape index (κ3) is 3.46. The predicted molar refractivity (Wildman–Crippen MR) is 86.8 cm³/mol. The summed E-state index contributed by atoms with van der Waals surface area (Å²) in [5, 5.41) is 0. The van der Waals surface area contributed by atoms with E-state index in [2.05, 4.69) is 17.0 Å². The molecule has 0 aliphatic carbocycles. The first-order chi connectivity index (χ1) is 10.7. The third-order valence-corrected chi connectivity index (χ3v) is 3.75. The van der Waals surface area contributed by atoms with Gasteiger partial charge in [-0.15, -0.1) is 0 Å². The fraction of sp³-hybridized carbons (Fsp3) is 0.278. The first-order valence-electron chi connectivity index (χ1n) is 7.48. The lowest BCUT2D eigenvalue weighted by Crippen LogP contribution is -2.32. The molecule has 4 nitrogen and oxygen atoms in total. The van der Waals surface area contributed by atoms with Crippen molar-refractivity contribution in [2.24, 2.45) is 0 Å². The third-order valence-electron chi connectivity index (χ3n) is 3.75. The lowest BCUT2D eigenvalue weighted by molar-refractivity contribution is 0.115. The van der Waals surface area contributed by atoms with Crippen LogP contribution in [0.5, 0.6) is 0 Å². The average Bonchev–Trinajstić information content (AvgIpc) is 2.89. The van der Waals surface area contributed by atoms with Gasteiger partial charge in [0.25, 0.3) is 0 Å². The maximum atomic E-state index is 12.0. The lowest BCUT2D eigenvalue weighted by Gasteiger charge is -2.19. The van der Waals surface area contributed by atoms with E-state index in [1.807, 2.05) is 55.6 Å². The van der Waals surface area contributed by atoms with E-state index in [-0.39, 0.29) is 12.2 Å². The molecule has 2 aromatic rings. The van der Waals surface area contributed by atoms with Crippen molar-refractivity contribution in [3.05, 3.63) is 66.2 Å². The maximum Gasteiger partial charge on any atom is 0.414 e. The second kappa shape index (κ2) is 6.62. The second-order valence-corrected chi connectivity index (χ2v) is 5.63. The number of nitrogens with zero attached hydrogens (tertiary/aromatic N) is 2. The number of benzene rings is 2. The molecule has 1 aliphatic heterocycles. The molecule has 3 rings (SSSR count). The smallest absolute Gasteiger partial charge is 0.414 e. The molecule has 1 unspecified atom stereocenters. The van der Waals surface area contributed by atoms with E-state index in [0.29, 0.717) is 6.54 Å². The van der Waals surface area contributed by atoms with Crippen molar-refractivity contribution in [3.63, 3.8) is 0 Å². The Hall–Kier alpha value is -2.33. The summed E-state index contributed by atoms with van der Waals surface area (Å²) >= 11 is 0. The number of anilines is 1. The summed E-state index contributed by atoms with van der Waals surface area (Å²) in [5.74, 6) is 0. The largest absolute Gasteiger partial charge is 0.443 e. The number of carbonyl (C=O) groups is 1. The highest BCUT2D eigenvalue weighted by atomic mass is 16.6. The van der Waals surface area contributed by atoms with Gasteiger partial charge in [0.2, 0.25) is 0 Å². The number of rotatable bonds is 5. The van der Waals surface area contributed by atoms with Crippen LogP contribution in [0, 0.1) is 0 Å². The number of likely N-dealkylation sites (N-methyl/N-ethyl adjacent to an activating group) is 1. The van der Waals surface area contributed by atoms with Crippen molar-refractivity contribution in [3.8, 4) is 0 Å². The fourth-order valence-electron chi connectivity index (χ4n) is 2.74. The molecule has 2 aromatic carbocycles. The van der Waals surface area contributed by atoms with Crippen LogP contribution in [0.1, 0.15) is 5.56 Å². The molecule has 0 aromatic heterocycles. The number of ether oxygens (including phenoxy) is 1. The summed E-state index contributed by atoms with van der Waals surface area (Å²) in [6.07, 6.45) is -0.356. The zero-order chi connectivity index (χ0) is 15.4. The Kier molecular flexibility index (Phi) is 4.39. The van der Waals surface area contributed by atoms with Gasteiger partial charge in [-0.3, -0.25) is 9.80 Å². The first-order valence-corrected chi connectivity index (χ1v) is 7.48. The van der Waals surface area contributed by atoms with Gasteiger partial charge >= 0.3 is 6.09 Å². The van der Waals surface area contributed by atoms with Crippen LogP contribution in [-0.4, -0.2) is 37.2 Å². The van der Waals surface area contributed by atoms with Crippen molar-refractivity contribution in [1.29, 1.82) is 0 Å². The number of hydrogen-bond acceptors (Lipinski definition) is 3. The van der Waals surface area contributed by atoms with Gasteiger partial charge in [-0.1, -0.05) is 48.5 Å². The maximum absolute atomic E-state index is 12.0. The van der Waals surface area contributed by atoms with Gasteiger partial charge < -0.3 is 4.74 Å². The molecule has 22 heavy (non-hydrogen) atoms. The molecule has 0 spiro atoms. The summed E-state index contributed by atoms with van der Waals surface area (Å²) in [4.78, 5) is 15.9. The van der Waals surface area contributed by atoms with Crippen LogP contribution in [0.25, 0.3) is 0 Å². The van der Waals surface area contributed by atoms with Crippen molar-refractivity contribution < 1.29 is 9.53 Å². The van der Waals surface area contributed by atoms with Gasteiger partial charge in [-0.05, 0) is 24.7 Å². The van der Waals surface area contributed by atoms with Gasteiger partial charge in [0.15, 0.2) is 0 Å².